The van der Waals surface area contributed by atoms with Crippen LogP contribution in [0.5, 0.6) is 0 Å². The van der Waals surface area contributed by atoms with Gasteiger partial charge in [0.15, 0.2) is 0 Å². The number of halogens is 3. The number of anilines is 1. The maximum absolute atomic E-state index is 12.9. The van der Waals surface area contributed by atoms with Gasteiger partial charge in [0.25, 0.3) is 11.6 Å². The Morgan fingerprint density at radius 3 is 2.48 bits per heavy atom. The lowest BCUT2D eigenvalue weighted by Gasteiger charge is -2.09. The van der Waals surface area contributed by atoms with Gasteiger partial charge in [0, 0.05) is 22.9 Å². The minimum atomic E-state index is -4.67. The first-order chi connectivity index (χ1) is 13.6. The van der Waals surface area contributed by atoms with E-state index in [-0.39, 0.29) is 18.1 Å². The fourth-order valence-corrected chi connectivity index (χ4v) is 4.02. The molecule has 3 aromatic heterocycles. The van der Waals surface area contributed by atoms with Gasteiger partial charge in [0.2, 0.25) is 11.0 Å². The fourth-order valence-electron chi connectivity index (χ4n) is 3.00. The van der Waals surface area contributed by atoms with Gasteiger partial charge in [-0.1, -0.05) is 25.2 Å². The van der Waals surface area contributed by atoms with Gasteiger partial charge in [-0.05, 0) is 26.7 Å². The molecule has 0 spiro atoms. The number of amides is 1. The van der Waals surface area contributed by atoms with E-state index in [0.717, 1.165) is 22.4 Å². The van der Waals surface area contributed by atoms with Gasteiger partial charge < -0.3 is 5.32 Å². The molecule has 3 rings (SSSR count). The number of aromatic nitrogens is 6. The minimum absolute atomic E-state index is 0.0816. The first-order valence-electron chi connectivity index (χ1n) is 9.07. The van der Waals surface area contributed by atoms with Crippen LogP contribution < -0.4 is 5.32 Å². The normalized spacial score (nSPS) is 12.1. The number of nitrogens with one attached hydrogen (secondary N) is 1. The molecule has 3 heterocycles. The third kappa shape index (κ3) is 4.36. The molecule has 0 aliphatic heterocycles. The molecule has 1 amide bonds. The highest BCUT2D eigenvalue weighted by atomic mass is 32.1. The molecule has 0 saturated carbocycles. The van der Waals surface area contributed by atoms with Crippen LogP contribution >= 0.6 is 11.3 Å². The maximum atomic E-state index is 12.9. The van der Waals surface area contributed by atoms with E-state index < -0.39 is 12.0 Å². The van der Waals surface area contributed by atoms with Crippen LogP contribution in [0, 0.1) is 13.8 Å². The Labute approximate surface area is 168 Å². The number of rotatable bonds is 6. The van der Waals surface area contributed by atoms with Crippen molar-refractivity contribution in [2.75, 3.05) is 5.32 Å². The highest BCUT2D eigenvalue weighted by molar-refractivity contribution is 7.15. The predicted molar refractivity (Wildman–Crippen MR) is 101 cm³/mol. The Morgan fingerprint density at radius 1 is 1.17 bits per heavy atom. The summed E-state index contributed by atoms with van der Waals surface area (Å²) in [6, 6.07) is 0. The molecular weight excluding hydrogens is 407 g/mol. The van der Waals surface area contributed by atoms with Gasteiger partial charge in [-0.25, -0.2) is 9.50 Å². The summed E-state index contributed by atoms with van der Waals surface area (Å²) in [5.41, 5.74) is 1.28. The van der Waals surface area contributed by atoms with Gasteiger partial charge in [0.1, 0.15) is 5.01 Å². The summed E-state index contributed by atoms with van der Waals surface area (Å²) >= 11 is 1.32. The molecule has 0 aromatic carbocycles. The lowest BCUT2D eigenvalue weighted by atomic mass is 10.1. The van der Waals surface area contributed by atoms with E-state index in [1.54, 1.807) is 13.8 Å². The average Bonchev–Trinajstić information content (AvgIpc) is 3.27. The molecule has 0 aliphatic carbocycles. The van der Waals surface area contributed by atoms with Crippen LogP contribution in [-0.2, 0) is 17.4 Å². The van der Waals surface area contributed by atoms with Crippen molar-refractivity contribution in [1.29, 1.82) is 0 Å². The fraction of sp³-hybridized carbons (Fsp3) is 0.529. The van der Waals surface area contributed by atoms with Crippen molar-refractivity contribution in [3.63, 3.8) is 0 Å². The Kier molecular flexibility index (Phi) is 5.82. The lowest BCUT2D eigenvalue weighted by molar-refractivity contribution is -0.144. The van der Waals surface area contributed by atoms with Crippen LogP contribution in [-0.4, -0.2) is 35.7 Å². The second-order valence-corrected chi connectivity index (χ2v) is 7.60. The number of fused-ring (bicyclic) bond motifs is 1. The summed E-state index contributed by atoms with van der Waals surface area (Å²) in [5.74, 6) is -1.49. The van der Waals surface area contributed by atoms with E-state index >= 15 is 0 Å². The molecule has 0 unspecified atom stereocenters. The number of aryl methyl sites for hydroxylation is 2. The van der Waals surface area contributed by atoms with E-state index in [1.165, 1.54) is 11.3 Å². The van der Waals surface area contributed by atoms with E-state index in [4.69, 9.17) is 0 Å². The van der Waals surface area contributed by atoms with Crippen molar-refractivity contribution < 1.29 is 18.0 Å². The van der Waals surface area contributed by atoms with E-state index in [1.807, 2.05) is 0 Å². The van der Waals surface area contributed by atoms with Gasteiger partial charge in [-0.15, -0.1) is 15.3 Å². The summed E-state index contributed by atoms with van der Waals surface area (Å²) in [7, 11) is 0. The Hall–Kier alpha value is -2.63. The van der Waals surface area contributed by atoms with Crippen molar-refractivity contribution in [3.8, 4) is 0 Å². The van der Waals surface area contributed by atoms with Gasteiger partial charge >= 0.3 is 6.18 Å². The number of carbonyl (C=O) groups excluding carboxylic acids is 1. The summed E-state index contributed by atoms with van der Waals surface area (Å²) in [6.45, 7) is 7.33. The van der Waals surface area contributed by atoms with E-state index in [2.05, 4.69) is 44.4 Å². The van der Waals surface area contributed by atoms with Crippen molar-refractivity contribution >= 4 is 28.2 Å². The van der Waals surface area contributed by atoms with Crippen LogP contribution in [0.3, 0.4) is 0 Å². The molecule has 156 valence electrons. The SMILES string of the molecule is CCC(CC)c1nnc(NC(=O)Cc2c(C)nc3nc(C(F)(F)F)nn3c2C)s1. The molecule has 29 heavy (non-hydrogen) atoms. The summed E-state index contributed by atoms with van der Waals surface area (Å²) in [4.78, 5) is 20.0. The average molecular weight is 427 g/mol. The summed E-state index contributed by atoms with van der Waals surface area (Å²) in [5, 5.41) is 15.6. The van der Waals surface area contributed by atoms with Gasteiger partial charge in [0.05, 0.1) is 6.42 Å². The van der Waals surface area contributed by atoms with Crippen LogP contribution in [0.25, 0.3) is 5.78 Å². The number of carbonyl (C=O) groups is 1. The Morgan fingerprint density at radius 2 is 1.86 bits per heavy atom. The Bertz CT molecular complexity index is 1040. The summed E-state index contributed by atoms with van der Waals surface area (Å²) < 4.78 is 39.6. The molecule has 0 saturated heterocycles. The van der Waals surface area contributed by atoms with Gasteiger partial charge in [-0.3, -0.25) is 4.79 Å². The molecule has 0 radical (unpaired) electrons. The molecule has 0 fully saturated rings. The summed E-state index contributed by atoms with van der Waals surface area (Å²) in [6.07, 6.45) is -2.89. The molecular formula is C17H20F3N7OS. The van der Waals surface area contributed by atoms with E-state index in [0.29, 0.717) is 28.0 Å². The molecule has 0 aliphatic rings. The number of hydrogen-bond acceptors (Lipinski definition) is 7. The van der Waals surface area contributed by atoms with Crippen LogP contribution in [0.1, 0.15) is 60.4 Å². The van der Waals surface area contributed by atoms with Crippen LogP contribution in [0.2, 0.25) is 0 Å². The highest BCUT2D eigenvalue weighted by Crippen LogP contribution is 2.29. The first-order valence-corrected chi connectivity index (χ1v) is 9.88. The zero-order valence-electron chi connectivity index (χ0n) is 16.3. The largest absolute Gasteiger partial charge is 0.453 e. The van der Waals surface area contributed by atoms with E-state index in [9.17, 15) is 18.0 Å². The zero-order valence-corrected chi connectivity index (χ0v) is 17.1. The zero-order chi connectivity index (χ0) is 21.3. The second-order valence-electron chi connectivity index (χ2n) is 6.59. The highest BCUT2D eigenvalue weighted by Gasteiger charge is 2.37. The maximum Gasteiger partial charge on any atom is 0.453 e. The van der Waals surface area contributed by atoms with Crippen molar-refractivity contribution in [1.82, 2.24) is 29.8 Å². The Balaban J connectivity index is 1.81. The quantitative estimate of drug-likeness (QED) is 0.644. The second kappa shape index (κ2) is 8.01. The lowest BCUT2D eigenvalue weighted by Crippen LogP contribution is -2.17. The minimum Gasteiger partial charge on any atom is -0.300 e. The third-order valence-corrected chi connectivity index (χ3v) is 5.66. The molecule has 0 atom stereocenters. The smallest absolute Gasteiger partial charge is 0.300 e. The predicted octanol–water partition coefficient (Wildman–Crippen LogP) is 3.70. The third-order valence-electron chi connectivity index (χ3n) is 4.66. The van der Waals surface area contributed by atoms with Crippen molar-refractivity contribution in [2.24, 2.45) is 0 Å². The number of hydrogen-bond donors (Lipinski definition) is 1. The number of nitrogens with zero attached hydrogens (tertiary/aromatic N) is 6. The van der Waals surface area contributed by atoms with Crippen molar-refractivity contribution in [3.05, 3.63) is 27.8 Å². The molecule has 0 bridgehead atoms. The molecule has 8 nitrogen and oxygen atoms in total. The first kappa shape index (κ1) is 21.1. The molecule has 12 heteroatoms. The van der Waals surface area contributed by atoms with Crippen LogP contribution in [0.15, 0.2) is 0 Å². The molecule has 1 N–H and O–H groups in total. The van der Waals surface area contributed by atoms with Crippen LogP contribution in [0.4, 0.5) is 18.3 Å². The number of alkyl halides is 3. The topological polar surface area (TPSA) is 98.0 Å². The standard InChI is InChI=1S/C17H20F3N7OS/c1-5-10(6-2)13-24-25-16(29-13)22-12(28)7-11-8(3)21-15-23-14(17(18,19)20)26-27(15)9(11)4/h10H,5-7H2,1-4H3,(H,22,25,28). The van der Waals surface area contributed by atoms with Gasteiger partial charge in [-0.2, -0.15) is 18.2 Å². The monoisotopic (exact) mass is 427 g/mol. The van der Waals surface area contributed by atoms with Crippen molar-refractivity contribution in [2.45, 2.75) is 59.1 Å². The molecule has 3 aromatic rings.